The Labute approximate surface area is 115 Å². The normalized spacial score (nSPS) is 12.7. The largest absolute Gasteiger partial charge is 0.271 e. The number of benzene rings is 1. The Morgan fingerprint density at radius 3 is 2.78 bits per heavy atom. The monoisotopic (exact) mass is 284 g/mol. The second-order valence-electron chi connectivity index (χ2n) is 4.13. The van der Waals surface area contributed by atoms with Gasteiger partial charge in [0, 0.05) is 10.6 Å². The summed E-state index contributed by atoms with van der Waals surface area (Å²) in [5.74, 6) is 5.27. The number of hydrazine groups is 1. The maximum atomic E-state index is 13.7. The molecular formula is C13H14ClFN2S. The fraction of sp³-hybridized carbons (Fsp3) is 0.231. The average molecular weight is 285 g/mol. The lowest BCUT2D eigenvalue weighted by atomic mass is 9.99. The highest BCUT2D eigenvalue weighted by Gasteiger charge is 2.17. The van der Waals surface area contributed by atoms with Crippen molar-refractivity contribution >= 4 is 22.9 Å². The van der Waals surface area contributed by atoms with Gasteiger partial charge in [0.05, 0.1) is 6.04 Å². The van der Waals surface area contributed by atoms with Crippen LogP contribution in [-0.2, 0) is 6.42 Å². The van der Waals surface area contributed by atoms with E-state index in [2.05, 4.69) is 5.43 Å². The smallest absolute Gasteiger partial charge is 0.127 e. The van der Waals surface area contributed by atoms with Crippen molar-refractivity contribution in [3.63, 3.8) is 0 Å². The van der Waals surface area contributed by atoms with E-state index < -0.39 is 0 Å². The molecule has 0 spiro atoms. The third-order valence-corrected chi connectivity index (χ3v) is 4.18. The van der Waals surface area contributed by atoms with Gasteiger partial charge in [0.25, 0.3) is 0 Å². The molecule has 0 saturated heterocycles. The minimum Gasteiger partial charge on any atom is -0.271 e. The van der Waals surface area contributed by atoms with Crippen molar-refractivity contribution in [3.05, 3.63) is 56.5 Å². The highest BCUT2D eigenvalue weighted by atomic mass is 35.5. The molecule has 2 nitrogen and oxygen atoms in total. The van der Waals surface area contributed by atoms with Gasteiger partial charge in [-0.2, -0.15) is 11.3 Å². The van der Waals surface area contributed by atoms with Crippen molar-refractivity contribution in [2.75, 3.05) is 0 Å². The first-order valence-corrected chi connectivity index (χ1v) is 6.87. The van der Waals surface area contributed by atoms with Gasteiger partial charge in [-0.25, -0.2) is 4.39 Å². The molecule has 1 aromatic heterocycles. The number of aryl methyl sites for hydroxylation is 1. The van der Waals surface area contributed by atoms with Crippen molar-refractivity contribution in [2.45, 2.75) is 19.4 Å². The summed E-state index contributed by atoms with van der Waals surface area (Å²) in [6.07, 6.45) is 0.430. The Morgan fingerprint density at radius 1 is 1.44 bits per heavy atom. The van der Waals surface area contributed by atoms with Crippen LogP contribution in [0.2, 0.25) is 5.02 Å². The summed E-state index contributed by atoms with van der Waals surface area (Å²) in [7, 11) is 0. The van der Waals surface area contributed by atoms with E-state index in [4.69, 9.17) is 17.4 Å². The molecule has 0 aliphatic carbocycles. The summed E-state index contributed by atoms with van der Waals surface area (Å²) in [5, 5.41) is 4.50. The third kappa shape index (κ3) is 2.72. The maximum absolute atomic E-state index is 13.7. The Bertz CT molecular complexity index is 521. The van der Waals surface area contributed by atoms with Crippen LogP contribution in [0.25, 0.3) is 0 Å². The van der Waals surface area contributed by atoms with Crippen LogP contribution in [0.15, 0.2) is 29.0 Å². The Hall–Kier alpha value is -0.940. The number of hydrogen-bond donors (Lipinski definition) is 2. The number of thiophene rings is 1. The number of rotatable bonds is 4. The van der Waals surface area contributed by atoms with Crippen molar-refractivity contribution in [1.29, 1.82) is 0 Å². The molecule has 5 heteroatoms. The highest BCUT2D eigenvalue weighted by molar-refractivity contribution is 7.08. The van der Waals surface area contributed by atoms with E-state index in [0.29, 0.717) is 17.0 Å². The highest BCUT2D eigenvalue weighted by Crippen LogP contribution is 2.28. The standard InChI is InChI=1S/C13H14ClFN2S/c1-8-6-18-7-10(8)13(17-16)5-9-11(14)3-2-4-12(9)15/h2-4,6-7,13,17H,5,16H2,1H3. The molecule has 0 aliphatic heterocycles. The maximum Gasteiger partial charge on any atom is 0.127 e. The van der Waals surface area contributed by atoms with Crippen LogP contribution in [0, 0.1) is 12.7 Å². The predicted octanol–water partition coefficient (Wildman–Crippen LogP) is 3.60. The quantitative estimate of drug-likeness (QED) is 0.665. The van der Waals surface area contributed by atoms with Crippen LogP contribution in [0.4, 0.5) is 4.39 Å². The van der Waals surface area contributed by atoms with Crippen LogP contribution in [-0.4, -0.2) is 0 Å². The summed E-state index contributed by atoms with van der Waals surface area (Å²) < 4.78 is 13.7. The predicted molar refractivity (Wildman–Crippen MR) is 74.2 cm³/mol. The van der Waals surface area contributed by atoms with E-state index in [1.165, 1.54) is 6.07 Å². The van der Waals surface area contributed by atoms with Gasteiger partial charge < -0.3 is 0 Å². The van der Waals surface area contributed by atoms with Crippen molar-refractivity contribution in [2.24, 2.45) is 5.84 Å². The van der Waals surface area contributed by atoms with Crippen LogP contribution in [0.3, 0.4) is 0 Å². The van der Waals surface area contributed by atoms with E-state index in [-0.39, 0.29) is 11.9 Å². The first-order chi connectivity index (χ1) is 8.63. The van der Waals surface area contributed by atoms with Crippen molar-refractivity contribution in [3.8, 4) is 0 Å². The molecule has 0 bridgehead atoms. The van der Waals surface area contributed by atoms with Crippen molar-refractivity contribution < 1.29 is 4.39 Å². The molecule has 0 fully saturated rings. The zero-order chi connectivity index (χ0) is 13.1. The first-order valence-electron chi connectivity index (χ1n) is 5.55. The molecule has 0 aliphatic rings. The Morgan fingerprint density at radius 2 is 2.22 bits per heavy atom. The van der Waals surface area contributed by atoms with Gasteiger partial charge in [-0.1, -0.05) is 17.7 Å². The van der Waals surface area contributed by atoms with Gasteiger partial charge in [0.15, 0.2) is 0 Å². The summed E-state index contributed by atoms with van der Waals surface area (Å²) in [5.41, 5.74) is 5.46. The fourth-order valence-electron chi connectivity index (χ4n) is 1.92. The Balaban J connectivity index is 2.29. The summed E-state index contributed by atoms with van der Waals surface area (Å²) in [4.78, 5) is 0. The zero-order valence-corrected chi connectivity index (χ0v) is 11.5. The van der Waals surface area contributed by atoms with Crippen LogP contribution in [0.5, 0.6) is 0 Å². The van der Waals surface area contributed by atoms with Gasteiger partial charge >= 0.3 is 0 Å². The topological polar surface area (TPSA) is 38.0 Å². The lowest BCUT2D eigenvalue weighted by Crippen LogP contribution is -2.30. The average Bonchev–Trinajstić information content (AvgIpc) is 2.76. The third-order valence-electron chi connectivity index (χ3n) is 2.94. The minimum absolute atomic E-state index is 0.134. The molecule has 1 aromatic carbocycles. The molecule has 1 atom stereocenters. The number of halogens is 2. The van der Waals surface area contributed by atoms with Gasteiger partial charge in [-0.15, -0.1) is 0 Å². The molecule has 0 saturated carbocycles. The molecule has 0 radical (unpaired) electrons. The van der Waals surface area contributed by atoms with Crippen LogP contribution < -0.4 is 11.3 Å². The van der Waals surface area contributed by atoms with Gasteiger partial charge in [-0.05, 0) is 47.4 Å². The fourth-order valence-corrected chi connectivity index (χ4v) is 3.06. The van der Waals surface area contributed by atoms with Crippen molar-refractivity contribution in [1.82, 2.24) is 5.43 Å². The van der Waals surface area contributed by atoms with E-state index in [1.54, 1.807) is 23.5 Å². The van der Waals surface area contributed by atoms with E-state index in [0.717, 1.165) is 11.1 Å². The number of nitrogens with two attached hydrogens (primary N) is 1. The van der Waals surface area contributed by atoms with E-state index in [1.807, 2.05) is 17.7 Å². The van der Waals surface area contributed by atoms with Crippen LogP contribution >= 0.6 is 22.9 Å². The van der Waals surface area contributed by atoms with Crippen LogP contribution in [0.1, 0.15) is 22.7 Å². The Kier molecular flexibility index (Phi) is 4.35. The second-order valence-corrected chi connectivity index (χ2v) is 5.28. The SMILES string of the molecule is Cc1cscc1C(Cc1c(F)cccc1Cl)NN. The molecule has 2 aromatic rings. The first kappa shape index (κ1) is 13.5. The molecule has 0 amide bonds. The van der Waals surface area contributed by atoms with Gasteiger partial charge in [0.2, 0.25) is 0 Å². The summed E-state index contributed by atoms with van der Waals surface area (Å²) >= 11 is 7.63. The van der Waals surface area contributed by atoms with Gasteiger partial charge in [-0.3, -0.25) is 11.3 Å². The lowest BCUT2D eigenvalue weighted by Gasteiger charge is -2.17. The molecule has 1 unspecified atom stereocenters. The molecule has 3 N–H and O–H groups in total. The number of hydrogen-bond acceptors (Lipinski definition) is 3. The second kappa shape index (κ2) is 5.80. The van der Waals surface area contributed by atoms with E-state index in [9.17, 15) is 4.39 Å². The molecule has 96 valence electrons. The molecule has 1 heterocycles. The minimum atomic E-state index is -0.296. The zero-order valence-electron chi connectivity index (χ0n) is 9.91. The molecule has 2 rings (SSSR count). The molecule has 18 heavy (non-hydrogen) atoms. The number of nitrogens with one attached hydrogen (secondary N) is 1. The summed E-state index contributed by atoms with van der Waals surface area (Å²) in [6, 6.07) is 4.57. The molecular weight excluding hydrogens is 271 g/mol. The van der Waals surface area contributed by atoms with E-state index >= 15 is 0 Å². The van der Waals surface area contributed by atoms with Gasteiger partial charge in [0.1, 0.15) is 5.82 Å². The lowest BCUT2D eigenvalue weighted by molar-refractivity contribution is 0.528. The summed E-state index contributed by atoms with van der Waals surface area (Å²) in [6.45, 7) is 2.01.